The predicted molar refractivity (Wildman–Crippen MR) is 113 cm³/mol. The van der Waals surface area contributed by atoms with E-state index in [4.69, 9.17) is 9.47 Å². The van der Waals surface area contributed by atoms with E-state index in [1.807, 2.05) is 0 Å². The first-order valence-electron chi connectivity index (χ1n) is 9.25. The topological polar surface area (TPSA) is 112 Å². The molecule has 0 atom stereocenters. The van der Waals surface area contributed by atoms with Gasteiger partial charge in [0.2, 0.25) is 5.91 Å². The van der Waals surface area contributed by atoms with Crippen molar-refractivity contribution >= 4 is 34.1 Å². The average Bonchev–Trinajstić information content (AvgIpc) is 2.72. The zero-order valence-corrected chi connectivity index (χ0v) is 16.7. The van der Waals surface area contributed by atoms with Crippen LogP contribution in [0.3, 0.4) is 0 Å². The van der Waals surface area contributed by atoms with E-state index in [0.29, 0.717) is 34.4 Å². The van der Waals surface area contributed by atoms with Gasteiger partial charge in [0.15, 0.2) is 0 Å². The second-order valence-electron chi connectivity index (χ2n) is 6.48. The molecule has 0 aliphatic carbocycles. The molecule has 0 aliphatic heterocycles. The molecule has 9 heteroatoms. The van der Waals surface area contributed by atoms with E-state index < -0.39 is 6.09 Å². The molecule has 30 heavy (non-hydrogen) atoms. The smallest absolute Gasteiger partial charge is 0.411 e. The Labute approximate surface area is 172 Å². The minimum atomic E-state index is -0.614. The number of amides is 2. The van der Waals surface area contributed by atoms with E-state index in [0.717, 1.165) is 0 Å². The van der Waals surface area contributed by atoms with Crippen molar-refractivity contribution in [1.29, 1.82) is 0 Å². The molecule has 1 aromatic heterocycles. The highest BCUT2D eigenvalue weighted by Crippen LogP contribution is 2.17. The second kappa shape index (κ2) is 9.66. The molecule has 3 aromatic rings. The Morgan fingerprint density at radius 2 is 1.70 bits per heavy atom. The van der Waals surface area contributed by atoms with Gasteiger partial charge in [-0.1, -0.05) is 24.3 Å². The number of fused-ring (bicyclic) bond motifs is 1. The summed E-state index contributed by atoms with van der Waals surface area (Å²) in [5, 5.41) is 10.7. The highest BCUT2D eigenvalue weighted by molar-refractivity contribution is 5.96. The maximum absolute atomic E-state index is 12.6. The Morgan fingerprint density at radius 1 is 1.00 bits per heavy atom. The Hall–Kier alpha value is -3.72. The zero-order valence-electron chi connectivity index (χ0n) is 16.7. The molecule has 156 valence electrons. The third-order valence-corrected chi connectivity index (χ3v) is 4.27. The number of anilines is 2. The first kappa shape index (κ1) is 21.0. The third kappa shape index (κ3) is 5.21. The molecule has 2 N–H and O–H groups in total. The number of nitrogens with one attached hydrogen (secondary N) is 2. The number of methoxy groups -OCH3 is 1. The van der Waals surface area contributed by atoms with Gasteiger partial charge in [0.25, 0.3) is 5.56 Å². The molecule has 3 rings (SSSR count). The van der Waals surface area contributed by atoms with Crippen molar-refractivity contribution in [2.75, 3.05) is 31.0 Å². The van der Waals surface area contributed by atoms with Crippen molar-refractivity contribution < 1.29 is 19.1 Å². The number of carbonyl (C=O) groups excluding carboxylic acids is 2. The van der Waals surface area contributed by atoms with Gasteiger partial charge < -0.3 is 14.8 Å². The standard InChI is InChI=1S/C21H22N4O5/c1-25-20(27)17-9-4-3-8-16(17)18(24-25)13-19(26)22-14-6-5-7-15(12-14)23-21(28)30-11-10-29-2/h3-9,12H,10-11,13H2,1-2H3,(H,22,26)(H,23,28). The number of benzene rings is 2. The van der Waals surface area contributed by atoms with Crippen LogP contribution in [0.2, 0.25) is 0 Å². The van der Waals surface area contributed by atoms with Gasteiger partial charge in [-0.05, 0) is 24.3 Å². The molecule has 2 aromatic carbocycles. The van der Waals surface area contributed by atoms with Crippen LogP contribution in [0.4, 0.5) is 16.2 Å². The lowest BCUT2D eigenvalue weighted by molar-refractivity contribution is -0.115. The molecule has 0 saturated heterocycles. The van der Waals surface area contributed by atoms with Crippen molar-refractivity contribution in [3.05, 3.63) is 64.6 Å². The number of rotatable bonds is 7. The van der Waals surface area contributed by atoms with Crippen LogP contribution in [0.25, 0.3) is 10.8 Å². The summed E-state index contributed by atoms with van der Waals surface area (Å²) >= 11 is 0. The number of hydrogen-bond donors (Lipinski definition) is 2. The molecule has 0 unspecified atom stereocenters. The third-order valence-electron chi connectivity index (χ3n) is 4.27. The fourth-order valence-electron chi connectivity index (χ4n) is 2.91. The molecule has 0 fully saturated rings. The minimum absolute atomic E-state index is 0.00858. The fourth-order valence-corrected chi connectivity index (χ4v) is 2.91. The van der Waals surface area contributed by atoms with Gasteiger partial charge in [-0.2, -0.15) is 5.10 Å². The van der Waals surface area contributed by atoms with Gasteiger partial charge in [0.05, 0.1) is 24.1 Å². The summed E-state index contributed by atoms with van der Waals surface area (Å²) < 4.78 is 11.0. The molecule has 0 saturated carbocycles. The van der Waals surface area contributed by atoms with Crippen LogP contribution in [-0.4, -0.2) is 42.1 Å². The van der Waals surface area contributed by atoms with Gasteiger partial charge in [-0.25, -0.2) is 9.48 Å². The van der Waals surface area contributed by atoms with Gasteiger partial charge in [0.1, 0.15) is 6.61 Å². The molecule has 2 amide bonds. The zero-order chi connectivity index (χ0) is 21.5. The summed E-state index contributed by atoms with van der Waals surface area (Å²) in [6, 6.07) is 13.7. The number of aromatic nitrogens is 2. The van der Waals surface area contributed by atoms with Gasteiger partial charge in [0, 0.05) is 30.9 Å². The maximum Gasteiger partial charge on any atom is 0.411 e. The van der Waals surface area contributed by atoms with Crippen LogP contribution in [0.5, 0.6) is 0 Å². The Kier molecular flexibility index (Phi) is 6.76. The largest absolute Gasteiger partial charge is 0.447 e. The lowest BCUT2D eigenvalue weighted by atomic mass is 10.1. The van der Waals surface area contributed by atoms with Gasteiger partial charge in [-0.15, -0.1) is 0 Å². The van der Waals surface area contributed by atoms with E-state index in [1.165, 1.54) is 11.8 Å². The van der Waals surface area contributed by atoms with Crippen molar-refractivity contribution in [3.63, 3.8) is 0 Å². The lowest BCUT2D eigenvalue weighted by Gasteiger charge is -2.10. The molecule has 0 radical (unpaired) electrons. The summed E-state index contributed by atoms with van der Waals surface area (Å²) in [6.45, 7) is 0.441. The van der Waals surface area contributed by atoms with Crippen LogP contribution in [0.15, 0.2) is 53.3 Å². The molecular weight excluding hydrogens is 388 g/mol. The molecule has 0 bridgehead atoms. The number of aryl methyl sites for hydroxylation is 1. The van der Waals surface area contributed by atoms with Crippen molar-refractivity contribution in [3.8, 4) is 0 Å². The van der Waals surface area contributed by atoms with E-state index in [9.17, 15) is 14.4 Å². The molecule has 0 spiro atoms. The number of ether oxygens (including phenoxy) is 2. The SMILES string of the molecule is COCCOC(=O)Nc1cccc(NC(=O)Cc2nn(C)c(=O)c3ccccc23)c1. The summed E-state index contributed by atoms with van der Waals surface area (Å²) in [5.41, 5.74) is 1.26. The van der Waals surface area contributed by atoms with Gasteiger partial charge >= 0.3 is 6.09 Å². The molecule has 1 heterocycles. The maximum atomic E-state index is 12.6. The Bertz CT molecular complexity index is 1130. The molecule has 0 aliphatic rings. The number of nitrogens with zero attached hydrogens (tertiary/aromatic N) is 2. The Morgan fingerprint density at radius 3 is 2.43 bits per heavy atom. The van der Waals surface area contributed by atoms with Crippen LogP contribution in [-0.2, 0) is 27.7 Å². The lowest BCUT2D eigenvalue weighted by Crippen LogP contribution is -2.24. The van der Waals surface area contributed by atoms with Crippen molar-refractivity contribution in [2.24, 2.45) is 7.05 Å². The van der Waals surface area contributed by atoms with Gasteiger partial charge in [-0.3, -0.25) is 14.9 Å². The predicted octanol–water partition coefficient (Wildman–Crippen LogP) is 2.31. The quantitative estimate of drug-likeness (QED) is 0.578. The summed E-state index contributed by atoms with van der Waals surface area (Å²) in [4.78, 5) is 36.5. The first-order valence-corrected chi connectivity index (χ1v) is 9.25. The van der Waals surface area contributed by atoms with E-state index in [2.05, 4.69) is 15.7 Å². The highest BCUT2D eigenvalue weighted by atomic mass is 16.6. The average molecular weight is 410 g/mol. The Balaban J connectivity index is 1.69. The van der Waals surface area contributed by atoms with E-state index in [-0.39, 0.29) is 24.5 Å². The fraction of sp³-hybridized carbons (Fsp3) is 0.238. The van der Waals surface area contributed by atoms with E-state index >= 15 is 0 Å². The van der Waals surface area contributed by atoms with Crippen LogP contribution in [0.1, 0.15) is 5.69 Å². The minimum Gasteiger partial charge on any atom is -0.447 e. The second-order valence-corrected chi connectivity index (χ2v) is 6.48. The normalized spacial score (nSPS) is 10.6. The van der Waals surface area contributed by atoms with Crippen LogP contribution in [0, 0.1) is 0 Å². The number of carbonyl (C=O) groups is 2. The molecular formula is C21H22N4O5. The summed E-state index contributed by atoms with van der Waals surface area (Å²) in [6.07, 6.45) is -0.623. The van der Waals surface area contributed by atoms with Crippen LogP contribution < -0.4 is 16.2 Å². The summed E-state index contributed by atoms with van der Waals surface area (Å²) in [5.74, 6) is -0.300. The van der Waals surface area contributed by atoms with Crippen LogP contribution >= 0.6 is 0 Å². The van der Waals surface area contributed by atoms with Crippen molar-refractivity contribution in [1.82, 2.24) is 9.78 Å². The monoisotopic (exact) mass is 410 g/mol. The van der Waals surface area contributed by atoms with E-state index in [1.54, 1.807) is 55.6 Å². The van der Waals surface area contributed by atoms with Crippen molar-refractivity contribution in [2.45, 2.75) is 6.42 Å². The molecule has 9 nitrogen and oxygen atoms in total. The first-order chi connectivity index (χ1) is 14.5. The number of hydrogen-bond acceptors (Lipinski definition) is 6. The highest BCUT2D eigenvalue weighted by Gasteiger charge is 2.13. The summed E-state index contributed by atoms with van der Waals surface area (Å²) in [7, 11) is 3.07.